The summed E-state index contributed by atoms with van der Waals surface area (Å²) in [6.07, 6.45) is 0.643. The van der Waals surface area contributed by atoms with Crippen molar-refractivity contribution in [2.75, 3.05) is 5.32 Å². The summed E-state index contributed by atoms with van der Waals surface area (Å²) in [5, 5.41) is 15.8. The number of oxime groups is 1. The van der Waals surface area contributed by atoms with E-state index < -0.39 is 18.0 Å². The monoisotopic (exact) mass is 285 g/mol. The molecular formula is C14H11N3O4. The Balaban J connectivity index is 1.77. The van der Waals surface area contributed by atoms with Gasteiger partial charge in [-0.1, -0.05) is 23.4 Å². The molecule has 2 heterocycles. The predicted molar refractivity (Wildman–Crippen MR) is 74.9 cm³/mol. The number of hydrogen-bond donors (Lipinski definition) is 2. The molecule has 106 valence electrons. The van der Waals surface area contributed by atoms with Gasteiger partial charge in [-0.3, -0.25) is 9.78 Å². The Morgan fingerprint density at radius 3 is 2.86 bits per heavy atom. The van der Waals surface area contributed by atoms with E-state index in [1.54, 1.807) is 24.4 Å². The smallest absolute Gasteiger partial charge is 0.353 e. The van der Waals surface area contributed by atoms with E-state index in [4.69, 9.17) is 9.94 Å². The number of para-hydroxylation sites is 1. The minimum absolute atomic E-state index is 0.0562. The number of aliphatic carboxylic acids is 1. The highest BCUT2D eigenvalue weighted by Gasteiger charge is 2.31. The summed E-state index contributed by atoms with van der Waals surface area (Å²) in [4.78, 5) is 31.9. The van der Waals surface area contributed by atoms with Crippen LogP contribution in [0.4, 0.5) is 5.69 Å². The zero-order valence-electron chi connectivity index (χ0n) is 10.8. The first-order valence-electron chi connectivity index (χ1n) is 6.26. The van der Waals surface area contributed by atoms with Gasteiger partial charge in [0.25, 0.3) is 5.91 Å². The standard InChI is InChI=1S/C14H11N3O4/c18-13(11-7-10(14(19)20)17-21-11)16-9-5-1-3-8-4-2-6-15-12(8)9/h1-6,11H,7H2,(H,16,18)(H,19,20). The van der Waals surface area contributed by atoms with Crippen molar-refractivity contribution in [3.05, 3.63) is 36.5 Å². The van der Waals surface area contributed by atoms with Gasteiger partial charge < -0.3 is 15.3 Å². The molecule has 1 aliphatic heterocycles. The minimum atomic E-state index is -1.18. The highest BCUT2D eigenvalue weighted by atomic mass is 16.6. The van der Waals surface area contributed by atoms with Gasteiger partial charge in [-0.2, -0.15) is 0 Å². The van der Waals surface area contributed by atoms with Gasteiger partial charge >= 0.3 is 5.97 Å². The molecule has 1 aromatic carbocycles. The number of carboxylic acid groups (broad SMARTS) is 1. The molecule has 1 amide bonds. The van der Waals surface area contributed by atoms with Crippen LogP contribution in [0.3, 0.4) is 0 Å². The van der Waals surface area contributed by atoms with Crippen molar-refractivity contribution in [2.45, 2.75) is 12.5 Å². The van der Waals surface area contributed by atoms with Crippen LogP contribution in [0.1, 0.15) is 6.42 Å². The number of nitrogens with zero attached hydrogens (tertiary/aromatic N) is 2. The number of benzene rings is 1. The fraction of sp³-hybridized carbons (Fsp3) is 0.143. The molecule has 0 saturated heterocycles. The second-order valence-electron chi connectivity index (χ2n) is 4.51. The molecule has 1 aliphatic rings. The summed E-state index contributed by atoms with van der Waals surface area (Å²) in [5.74, 6) is -1.63. The van der Waals surface area contributed by atoms with E-state index in [0.717, 1.165) is 5.39 Å². The molecule has 3 rings (SSSR count). The zero-order valence-corrected chi connectivity index (χ0v) is 10.8. The van der Waals surface area contributed by atoms with Crippen LogP contribution in [0.25, 0.3) is 10.9 Å². The number of carboxylic acids is 1. The fourth-order valence-electron chi connectivity index (χ4n) is 2.06. The molecule has 0 aliphatic carbocycles. The van der Waals surface area contributed by atoms with Crippen LogP contribution in [0, 0.1) is 0 Å². The van der Waals surface area contributed by atoms with Crippen LogP contribution in [0.2, 0.25) is 0 Å². The number of carbonyl (C=O) groups is 2. The van der Waals surface area contributed by atoms with E-state index in [-0.39, 0.29) is 12.1 Å². The molecule has 0 saturated carbocycles. The van der Waals surface area contributed by atoms with Gasteiger partial charge in [0, 0.05) is 18.0 Å². The molecule has 0 spiro atoms. The molecule has 1 atom stereocenters. The number of amides is 1. The third kappa shape index (κ3) is 2.53. The lowest BCUT2D eigenvalue weighted by molar-refractivity contribution is -0.129. The van der Waals surface area contributed by atoms with E-state index in [0.29, 0.717) is 11.2 Å². The van der Waals surface area contributed by atoms with Gasteiger partial charge in [0.2, 0.25) is 6.10 Å². The molecule has 0 fully saturated rings. The van der Waals surface area contributed by atoms with E-state index in [9.17, 15) is 9.59 Å². The zero-order chi connectivity index (χ0) is 14.8. The molecule has 21 heavy (non-hydrogen) atoms. The van der Waals surface area contributed by atoms with Gasteiger partial charge in [-0.05, 0) is 12.1 Å². The van der Waals surface area contributed by atoms with Crippen molar-refractivity contribution in [2.24, 2.45) is 5.16 Å². The Labute approximate surface area is 119 Å². The average Bonchev–Trinajstić information content (AvgIpc) is 2.98. The van der Waals surface area contributed by atoms with Gasteiger partial charge in [0.1, 0.15) is 0 Å². The predicted octanol–water partition coefficient (Wildman–Crippen LogP) is 1.40. The maximum Gasteiger partial charge on any atom is 0.353 e. The number of rotatable bonds is 3. The summed E-state index contributed by atoms with van der Waals surface area (Å²) in [6, 6.07) is 9.10. The molecule has 0 bridgehead atoms. The van der Waals surface area contributed by atoms with E-state index in [1.165, 1.54) is 0 Å². The molecule has 1 aromatic heterocycles. The van der Waals surface area contributed by atoms with Gasteiger partial charge in [-0.25, -0.2) is 4.79 Å². The number of fused-ring (bicyclic) bond motifs is 1. The van der Waals surface area contributed by atoms with E-state index >= 15 is 0 Å². The third-order valence-electron chi connectivity index (χ3n) is 3.10. The number of aromatic nitrogens is 1. The van der Waals surface area contributed by atoms with Crippen molar-refractivity contribution >= 4 is 34.2 Å². The van der Waals surface area contributed by atoms with E-state index in [1.807, 2.05) is 12.1 Å². The first-order valence-corrected chi connectivity index (χ1v) is 6.26. The third-order valence-corrected chi connectivity index (χ3v) is 3.10. The van der Waals surface area contributed by atoms with Crippen LogP contribution in [-0.4, -0.2) is 33.8 Å². The number of anilines is 1. The second kappa shape index (κ2) is 5.20. The Morgan fingerprint density at radius 1 is 1.29 bits per heavy atom. The number of nitrogens with one attached hydrogen (secondary N) is 1. The second-order valence-corrected chi connectivity index (χ2v) is 4.51. The fourth-order valence-corrected chi connectivity index (χ4v) is 2.06. The summed E-state index contributed by atoms with van der Waals surface area (Å²) < 4.78 is 0. The highest BCUT2D eigenvalue weighted by molar-refractivity contribution is 6.36. The Bertz CT molecular complexity index is 751. The van der Waals surface area contributed by atoms with Crippen molar-refractivity contribution in [3.8, 4) is 0 Å². The van der Waals surface area contributed by atoms with Crippen molar-refractivity contribution in [1.29, 1.82) is 0 Å². The minimum Gasteiger partial charge on any atom is -0.477 e. The quantitative estimate of drug-likeness (QED) is 0.887. The lowest BCUT2D eigenvalue weighted by Crippen LogP contribution is -2.29. The van der Waals surface area contributed by atoms with Crippen LogP contribution < -0.4 is 5.32 Å². The molecular weight excluding hydrogens is 274 g/mol. The Morgan fingerprint density at radius 2 is 2.10 bits per heavy atom. The van der Waals surface area contributed by atoms with Crippen LogP contribution >= 0.6 is 0 Å². The Kier molecular flexibility index (Phi) is 3.23. The molecule has 7 nitrogen and oxygen atoms in total. The maximum atomic E-state index is 12.1. The largest absolute Gasteiger partial charge is 0.477 e. The first-order chi connectivity index (χ1) is 10.1. The van der Waals surface area contributed by atoms with Crippen LogP contribution in [0.15, 0.2) is 41.7 Å². The topological polar surface area (TPSA) is 101 Å². The SMILES string of the molecule is O=C(O)C1=NOC(C(=O)Nc2cccc3cccnc23)C1. The summed E-state index contributed by atoms with van der Waals surface area (Å²) in [5.41, 5.74) is 1.04. The summed E-state index contributed by atoms with van der Waals surface area (Å²) in [6.45, 7) is 0. The normalized spacial score (nSPS) is 17.1. The molecule has 2 N–H and O–H groups in total. The van der Waals surface area contributed by atoms with Gasteiger partial charge in [-0.15, -0.1) is 0 Å². The highest BCUT2D eigenvalue weighted by Crippen LogP contribution is 2.22. The van der Waals surface area contributed by atoms with Crippen molar-refractivity contribution < 1.29 is 19.5 Å². The molecule has 7 heteroatoms. The lowest BCUT2D eigenvalue weighted by atomic mass is 10.1. The molecule has 2 aromatic rings. The summed E-state index contributed by atoms with van der Waals surface area (Å²) >= 11 is 0. The molecule has 1 unspecified atom stereocenters. The van der Waals surface area contributed by atoms with Crippen molar-refractivity contribution in [1.82, 2.24) is 4.98 Å². The van der Waals surface area contributed by atoms with Crippen LogP contribution in [-0.2, 0) is 14.4 Å². The first kappa shape index (κ1) is 13.0. The van der Waals surface area contributed by atoms with Crippen molar-refractivity contribution in [3.63, 3.8) is 0 Å². The number of pyridine rings is 1. The lowest BCUT2D eigenvalue weighted by Gasteiger charge is -2.10. The Hall–Kier alpha value is -2.96. The van der Waals surface area contributed by atoms with Crippen LogP contribution in [0.5, 0.6) is 0 Å². The van der Waals surface area contributed by atoms with Gasteiger partial charge in [0.05, 0.1) is 11.2 Å². The number of hydrogen-bond acceptors (Lipinski definition) is 5. The number of carbonyl (C=O) groups excluding carboxylic acids is 1. The maximum absolute atomic E-state index is 12.1. The van der Waals surface area contributed by atoms with E-state index in [2.05, 4.69) is 15.5 Å². The summed E-state index contributed by atoms with van der Waals surface area (Å²) in [7, 11) is 0. The van der Waals surface area contributed by atoms with Gasteiger partial charge in [0.15, 0.2) is 5.71 Å². The molecule has 0 radical (unpaired) electrons. The average molecular weight is 285 g/mol.